The van der Waals surface area contributed by atoms with Gasteiger partial charge in [0, 0.05) is 18.8 Å². The van der Waals surface area contributed by atoms with Crippen LogP contribution in [0, 0.1) is 13.0 Å². The smallest absolute Gasteiger partial charge is 0.0369 e. The van der Waals surface area contributed by atoms with Gasteiger partial charge in [-0.1, -0.05) is 25.8 Å². The first-order valence-corrected chi connectivity index (χ1v) is 6.01. The standard InChI is InChI=1S/C14H22N/c1-4-6-7-11-15(5-2)14-10-8-9-13(3)12-14/h8,10,12H,4-7,11H2,1-3H3. The summed E-state index contributed by atoms with van der Waals surface area (Å²) in [7, 11) is 0. The number of anilines is 1. The molecule has 0 spiro atoms. The largest absolute Gasteiger partial charge is 0.372 e. The molecule has 1 rings (SSSR count). The van der Waals surface area contributed by atoms with Crippen LogP contribution in [0.1, 0.15) is 38.7 Å². The number of rotatable bonds is 6. The van der Waals surface area contributed by atoms with E-state index < -0.39 is 0 Å². The molecule has 0 aromatic heterocycles. The van der Waals surface area contributed by atoms with Gasteiger partial charge in [0.1, 0.15) is 0 Å². The van der Waals surface area contributed by atoms with Crippen molar-refractivity contribution in [3.8, 4) is 0 Å². The number of benzene rings is 1. The van der Waals surface area contributed by atoms with Crippen molar-refractivity contribution in [2.75, 3.05) is 18.0 Å². The Labute approximate surface area is 94.1 Å². The van der Waals surface area contributed by atoms with E-state index in [2.05, 4.69) is 43.9 Å². The third-order valence-corrected chi connectivity index (χ3v) is 2.71. The molecule has 15 heavy (non-hydrogen) atoms. The molecule has 1 aromatic carbocycles. The van der Waals surface area contributed by atoms with Crippen LogP contribution in [-0.2, 0) is 0 Å². The first-order valence-electron chi connectivity index (χ1n) is 6.01. The summed E-state index contributed by atoms with van der Waals surface area (Å²) in [6.45, 7) is 8.83. The zero-order valence-electron chi connectivity index (χ0n) is 10.2. The van der Waals surface area contributed by atoms with Crippen LogP contribution in [0.2, 0.25) is 0 Å². The number of hydrogen-bond donors (Lipinski definition) is 0. The summed E-state index contributed by atoms with van der Waals surface area (Å²) >= 11 is 0. The van der Waals surface area contributed by atoms with Crippen molar-refractivity contribution in [3.63, 3.8) is 0 Å². The highest BCUT2D eigenvalue weighted by molar-refractivity contribution is 5.47. The molecule has 0 aliphatic heterocycles. The molecular formula is C14H22N. The van der Waals surface area contributed by atoms with Gasteiger partial charge in [-0.3, -0.25) is 0 Å². The molecule has 0 amide bonds. The molecule has 0 fully saturated rings. The van der Waals surface area contributed by atoms with Crippen LogP contribution in [0.5, 0.6) is 0 Å². The predicted molar refractivity (Wildman–Crippen MR) is 67.4 cm³/mol. The summed E-state index contributed by atoms with van der Waals surface area (Å²) in [6, 6.07) is 9.59. The highest BCUT2D eigenvalue weighted by atomic mass is 15.1. The Bertz CT molecular complexity index is 280. The molecule has 0 saturated carbocycles. The molecule has 0 saturated heterocycles. The molecule has 1 nitrogen and oxygen atoms in total. The predicted octanol–water partition coefficient (Wildman–Crippen LogP) is 3.81. The van der Waals surface area contributed by atoms with Crippen molar-refractivity contribution in [2.45, 2.75) is 40.0 Å². The van der Waals surface area contributed by atoms with Gasteiger partial charge in [0.15, 0.2) is 0 Å². The Kier molecular flexibility index (Phi) is 5.23. The Morgan fingerprint density at radius 2 is 2.07 bits per heavy atom. The minimum Gasteiger partial charge on any atom is -0.372 e. The Morgan fingerprint density at radius 1 is 1.27 bits per heavy atom. The average molecular weight is 204 g/mol. The van der Waals surface area contributed by atoms with E-state index in [4.69, 9.17) is 0 Å². The van der Waals surface area contributed by atoms with Crippen LogP contribution < -0.4 is 4.90 Å². The summed E-state index contributed by atoms with van der Waals surface area (Å²) in [5, 5.41) is 0. The van der Waals surface area contributed by atoms with Gasteiger partial charge in [-0.05, 0) is 44.0 Å². The Hall–Kier alpha value is -0.980. The molecule has 0 aliphatic rings. The molecule has 1 radical (unpaired) electrons. The van der Waals surface area contributed by atoms with Crippen LogP contribution in [0.15, 0.2) is 18.2 Å². The fourth-order valence-corrected chi connectivity index (χ4v) is 1.79. The van der Waals surface area contributed by atoms with E-state index in [0.29, 0.717) is 0 Å². The minimum atomic E-state index is 1.09. The van der Waals surface area contributed by atoms with Crippen LogP contribution in [0.25, 0.3) is 0 Å². The topological polar surface area (TPSA) is 3.24 Å². The SMILES string of the molecule is CCCCCN(CC)c1cc[c]c(C)c1. The van der Waals surface area contributed by atoms with Gasteiger partial charge >= 0.3 is 0 Å². The van der Waals surface area contributed by atoms with Gasteiger partial charge in [-0.2, -0.15) is 0 Å². The molecular weight excluding hydrogens is 182 g/mol. The van der Waals surface area contributed by atoms with Crippen molar-refractivity contribution in [2.24, 2.45) is 0 Å². The van der Waals surface area contributed by atoms with E-state index in [1.165, 1.54) is 37.1 Å². The van der Waals surface area contributed by atoms with Gasteiger partial charge in [0.25, 0.3) is 0 Å². The second kappa shape index (κ2) is 6.49. The second-order valence-electron chi connectivity index (χ2n) is 4.02. The number of unbranched alkanes of at least 4 members (excludes halogenated alkanes) is 2. The molecule has 0 unspecified atom stereocenters. The van der Waals surface area contributed by atoms with Gasteiger partial charge in [0.05, 0.1) is 0 Å². The van der Waals surface area contributed by atoms with Crippen LogP contribution in [-0.4, -0.2) is 13.1 Å². The van der Waals surface area contributed by atoms with Crippen LogP contribution >= 0.6 is 0 Å². The van der Waals surface area contributed by atoms with Gasteiger partial charge in [-0.25, -0.2) is 0 Å². The quantitative estimate of drug-likeness (QED) is 0.637. The average Bonchev–Trinajstić information content (AvgIpc) is 2.24. The lowest BCUT2D eigenvalue weighted by Crippen LogP contribution is -2.23. The van der Waals surface area contributed by atoms with Crippen molar-refractivity contribution < 1.29 is 0 Å². The zero-order chi connectivity index (χ0) is 11.1. The van der Waals surface area contributed by atoms with Crippen molar-refractivity contribution in [1.82, 2.24) is 0 Å². The highest BCUT2D eigenvalue weighted by Crippen LogP contribution is 2.16. The lowest BCUT2D eigenvalue weighted by atomic mass is 10.2. The van der Waals surface area contributed by atoms with E-state index in [0.717, 1.165) is 6.54 Å². The maximum Gasteiger partial charge on any atom is 0.0369 e. The first kappa shape index (κ1) is 12.1. The normalized spacial score (nSPS) is 10.3. The van der Waals surface area contributed by atoms with Crippen LogP contribution in [0.4, 0.5) is 5.69 Å². The molecule has 0 bridgehead atoms. The lowest BCUT2D eigenvalue weighted by molar-refractivity contribution is 0.685. The number of nitrogens with zero attached hydrogens (tertiary/aromatic N) is 1. The maximum absolute atomic E-state index is 3.19. The van der Waals surface area contributed by atoms with Crippen LogP contribution in [0.3, 0.4) is 0 Å². The van der Waals surface area contributed by atoms with Crippen molar-refractivity contribution in [1.29, 1.82) is 0 Å². The molecule has 1 aromatic rings. The number of aryl methyl sites for hydroxylation is 1. The summed E-state index contributed by atoms with van der Waals surface area (Å²) in [4.78, 5) is 2.44. The molecule has 0 N–H and O–H groups in total. The molecule has 83 valence electrons. The molecule has 0 atom stereocenters. The van der Waals surface area contributed by atoms with Crippen molar-refractivity contribution in [3.05, 3.63) is 29.8 Å². The van der Waals surface area contributed by atoms with Gasteiger partial charge in [0.2, 0.25) is 0 Å². The first-order chi connectivity index (χ1) is 7.27. The molecule has 1 heteroatoms. The van der Waals surface area contributed by atoms with Crippen molar-refractivity contribution >= 4 is 5.69 Å². The van der Waals surface area contributed by atoms with Gasteiger partial charge < -0.3 is 4.90 Å². The highest BCUT2D eigenvalue weighted by Gasteiger charge is 2.03. The monoisotopic (exact) mass is 204 g/mol. The zero-order valence-corrected chi connectivity index (χ0v) is 10.2. The Morgan fingerprint density at radius 3 is 2.67 bits per heavy atom. The summed E-state index contributed by atoms with van der Waals surface area (Å²) < 4.78 is 0. The van der Waals surface area contributed by atoms with E-state index >= 15 is 0 Å². The third-order valence-electron chi connectivity index (χ3n) is 2.71. The third kappa shape index (κ3) is 3.94. The van der Waals surface area contributed by atoms with E-state index in [1.54, 1.807) is 0 Å². The van der Waals surface area contributed by atoms with E-state index in [9.17, 15) is 0 Å². The summed E-state index contributed by atoms with van der Waals surface area (Å²) in [5.41, 5.74) is 2.56. The van der Waals surface area contributed by atoms with E-state index in [-0.39, 0.29) is 0 Å². The maximum atomic E-state index is 3.19. The second-order valence-corrected chi connectivity index (χ2v) is 4.02. The fraction of sp³-hybridized carbons (Fsp3) is 0.571. The Balaban J connectivity index is 2.57. The lowest BCUT2D eigenvalue weighted by Gasteiger charge is -2.23. The number of hydrogen-bond acceptors (Lipinski definition) is 1. The van der Waals surface area contributed by atoms with E-state index in [1.807, 2.05) is 6.07 Å². The van der Waals surface area contributed by atoms with Gasteiger partial charge in [-0.15, -0.1) is 0 Å². The minimum absolute atomic E-state index is 1.09. The molecule has 0 aliphatic carbocycles. The molecule has 0 heterocycles. The summed E-state index contributed by atoms with van der Waals surface area (Å²) in [6.07, 6.45) is 3.91. The summed E-state index contributed by atoms with van der Waals surface area (Å²) in [5.74, 6) is 0. The fourth-order valence-electron chi connectivity index (χ4n) is 1.79.